The zero-order chi connectivity index (χ0) is 17.0. The maximum atomic E-state index is 12.3. The monoisotopic (exact) mass is 312 g/mol. The maximum Gasteiger partial charge on any atom is 0.326 e. The Hall–Kier alpha value is -2.69. The molecule has 5 heteroatoms. The summed E-state index contributed by atoms with van der Waals surface area (Å²) in [4.78, 5) is 28.0. The van der Waals surface area contributed by atoms with E-state index in [0.717, 1.165) is 11.3 Å². The van der Waals surface area contributed by atoms with Crippen LogP contribution in [0.4, 0.5) is 0 Å². The van der Waals surface area contributed by atoms with Crippen LogP contribution >= 0.6 is 0 Å². The van der Waals surface area contributed by atoms with Gasteiger partial charge in [0, 0.05) is 5.56 Å². The zero-order valence-electron chi connectivity index (χ0n) is 13.4. The Bertz CT molecular complexity index is 711. The molecule has 0 bridgehead atoms. The van der Waals surface area contributed by atoms with Crippen LogP contribution < -0.4 is 5.32 Å². The minimum Gasteiger partial charge on any atom is -0.480 e. The van der Waals surface area contributed by atoms with E-state index in [1.807, 2.05) is 30.3 Å². The van der Waals surface area contributed by atoms with Gasteiger partial charge in [0.1, 0.15) is 6.04 Å². The van der Waals surface area contributed by atoms with Gasteiger partial charge in [0.2, 0.25) is 0 Å². The van der Waals surface area contributed by atoms with Crippen molar-refractivity contribution in [2.45, 2.75) is 26.8 Å². The van der Waals surface area contributed by atoms with E-state index >= 15 is 0 Å². The highest BCUT2D eigenvalue weighted by atomic mass is 16.4. The van der Waals surface area contributed by atoms with Gasteiger partial charge in [0.15, 0.2) is 0 Å². The second-order valence-electron chi connectivity index (χ2n) is 5.73. The van der Waals surface area contributed by atoms with Gasteiger partial charge in [-0.25, -0.2) is 4.79 Å². The van der Waals surface area contributed by atoms with Crippen LogP contribution in [0, 0.1) is 12.8 Å². The highest BCUT2D eigenvalue weighted by Gasteiger charge is 2.24. The number of aryl methyl sites for hydroxylation is 1. The average Bonchev–Trinajstić information content (AvgIpc) is 2.52. The zero-order valence-corrected chi connectivity index (χ0v) is 13.4. The number of aromatic nitrogens is 1. The highest BCUT2D eigenvalue weighted by molar-refractivity contribution is 5.97. The first-order valence-corrected chi connectivity index (χ1v) is 7.47. The molecule has 0 saturated carbocycles. The van der Waals surface area contributed by atoms with Gasteiger partial charge < -0.3 is 10.4 Å². The number of pyridine rings is 1. The smallest absolute Gasteiger partial charge is 0.326 e. The molecule has 0 saturated heterocycles. The van der Waals surface area contributed by atoms with E-state index in [2.05, 4.69) is 10.3 Å². The SMILES string of the molecule is Cc1nc(-c2ccccc2)ccc1C(=O)N[C@H](C(=O)O)C(C)C. The van der Waals surface area contributed by atoms with Crippen molar-refractivity contribution in [3.63, 3.8) is 0 Å². The molecule has 1 aromatic carbocycles. The van der Waals surface area contributed by atoms with Gasteiger partial charge >= 0.3 is 5.97 Å². The number of carbonyl (C=O) groups is 2. The summed E-state index contributed by atoms with van der Waals surface area (Å²) in [6.45, 7) is 5.25. The number of carboxylic acids is 1. The lowest BCUT2D eigenvalue weighted by Gasteiger charge is -2.18. The predicted octanol–water partition coefficient (Wildman–Crippen LogP) is 2.90. The van der Waals surface area contributed by atoms with Gasteiger partial charge in [0.25, 0.3) is 5.91 Å². The number of amides is 1. The lowest BCUT2D eigenvalue weighted by atomic mass is 10.0. The standard InChI is InChI=1S/C18H20N2O3/c1-11(2)16(18(22)23)20-17(21)14-9-10-15(19-12(14)3)13-7-5-4-6-8-13/h4-11,16H,1-3H3,(H,20,21)(H,22,23)/t16-/m0/s1. The normalized spacial score (nSPS) is 12.0. The molecule has 120 valence electrons. The molecule has 1 heterocycles. The summed E-state index contributed by atoms with van der Waals surface area (Å²) in [6.07, 6.45) is 0. The van der Waals surface area contributed by atoms with Crippen molar-refractivity contribution in [3.05, 3.63) is 53.7 Å². The fourth-order valence-corrected chi connectivity index (χ4v) is 2.30. The summed E-state index contributed by atoms with van der Waals surface area (Å²) in [6, 6.07) is 12.2. The van der Waals surface area contributed by atoms with Crippen LogP contribution in [-0.4, -0.2) is 28.0 Å². The fraction of sp³-hybridized carbons (Fsp3) is 0.278. The number of aliphatic carboxylic acids is 1. The van der Waals surface area contributed by atoms with Crippen molar-refractivity contribution in [3.8, 4) is 11.3 Å². The predicted molar refractivity (Wildman–Crippen MR) is 88.1 cm³/mol. The topological polar surface area (TPSA) is 79.3 Å². The lowest BCUT2D eigenvalue weighted by Crippen LogP contribution is -2.44. The van der Waals surface area contributed by atoms with Crippen molar-refractivity contribution in [1.82, 2.24) is 10.3 Å². The van der Waals surface area contributed by atoms with Gasteiger partial charge in [-0.15, -0.1) is 0 Å². The van der Waals surface area contributed by atoms with E-state index in [0.29, 0.717) is 11.3 Å². The summed E-state index contributed by atoms with van der Waals surface area (Å²) in [5.41, 5.74) is 2.69. The molecule has 23 heavy (non-hydrogen) atoms. The summed E-state index contributed by atoms with van der Waals surface area (Å²) in [7, 11) is 0. The Morgan fingerprint density at radius 2 is 1.74 bits per heavy atom. The molecule has 1 aromatic heterocycles. The van der Waals surface area contributed by atoms with Crippen LogP contribution in [0.2, 0.25) is 0 Å². The third-order valence-corrected chi connectivity index (χ3v) is 3.62. The molecule has 2 N–H and O–H groups in total. The lowest BCUT2D eigenvalue weighted by molar-refractivity contribution is -0.140. The van der Waals surface area contributed by atoms with Gasteiger partial charge in [-0.2, -0.15) is 0 Å². The fourth-order valence-electron chi connectivity index (χ4n) is 2.30. The Morgan fingerprint density at radius 3 is 2.26 bits per heavy atom. The Balaban J connectivity index is 2.24. The maximum absolute atomic E-state index is 12.3. The van der Waals surface area contributed by atoms with Crippen molar-refractivity contribution in [1.29, 1.82) is 0 Å². The van der Waals surface area contributed by atoms with E-state index in [-0.39, 0.29) is 5.92 Å². The van der Waals surface area contributed by atoms with Crippen LogP contribution in [0.5, 0.6) is 0 Å². The number of nitrogens with zero attached hydrogens (tertiary/aromatic N) is 1. The second-order valence-corrected chi connectivity index (χ2v) is 5.73. The molecule has 2 aromatic rings. The van der Waals surface area contributed by atoms with E-state index in [9.17, 15) is 14.7 Å². The number of carbonyl (C=O) groups excluding carboxylic acids is 1. The van der Waals surface area contributed by atoms with Gasteiger partial charge in [0.05, 0.1) is 17.0 Å². The van der Waals surface area contributed by atoms with Crippen molar-refractivity contribution in [2.24, 2.45) is 5.92 Å². The number of hydrogen-bond donors (Lipinski definition) is 2. The Labute approximate surface area is 135 Å². The summed E-state index contributed by atoms with van der Waals surface area (Å²) < 4.78 is 0. The molecule has 0 unspecified atom stereocenters. The molecule has 1 atom stereocenters. The van der Waals surface area contributed by atoms with Crippen molar-refractivity contribution < 1.29 is 14.7 Å². The molecule has 0 radical (unpaired) electrons. The van der Waals surface area contributed by atoms with Crippen LogP contribution in [0.15, 0.2) is 42.5 Å². The van der Waals surface area contributed by atoms with Crippen LogP contribution in [0.1, 0.15) is 29.9 Å². The highest BCUT2D eigenvalue weighted by Crippen LogP contribution is 2.18. The van der Waals surface area contributed by atoms with E-state index in [4.69, 9.17) is 0 Å². The summed E-state index contributed by atoms with van der Waals surface area (Å²) >= 11 is 0. The van der Waals surface area contributed by atoms with Crippen molar-refractivity contribution >= 4 is 11.9 Å². The van der Waals surface area contributed by atoms with Crippen LogP contribution in [-0.2, 0) is 4.79 Å². The first kappa shape index (κ1) is 16.7. The van der Waals surface area contributed by atoms with Crippen LogP contribution in [0.25, 0.3) is 11.3 Å². The number of carboxylic acid groups (broad SMARTS) is 1. The molecule has 0 fully saturated rings. The van der Waals surface area contributed by atoms with Gasteiger partial charge in [-0.1, -0.05) is 44.2 Å². The minimum atomic E-state index is -1.04. The number of nitrogens with one attached hydrogen (secondary N) is 1. The van der Waals surface area contributed by atoms with Gasteiger partial charge in [-0.05, 0) is 25.0 Å². The molecule has 0 aliphatic rings. The molecule has 0 aliphatic heterocycles. The first-order valence-electron chi connectivity index (χ1n) is 7.47. The van der Waals surface area contributed by atoms with E-state index in [1.165, 1.54) is 0 Å². The second kappa shape index (κ2) is 7.05. The molecular formula is C18H20N2O3. The summed E-state index contributed by atoms with van der Waals surface area (Å²) in [5, 5.41) is 11.7. The third-order valence-electron chi connectivity index (χ3n) is 3.62. The first-order chi connectivity index (χ1) is 10.9. The average molecular weight is 312 g/mol. The largest absolute Gasteiger partial charge is 0.480 e. The van der Waals surface area contributed by atoms with E-state index < -0.39 is 17.9 Å². The minimum absolute atomic E-state index is 0.201. The molecular weight excluding hydrogens is 292 g/mol. The Kier molecular flexibility index (Phi) is 5.11. The quantitative estimate of drug-likeness (QED) is 0.889. The molecule has 1 amide bonds. The summed E-state index contributed by atoms with van der Waals surface area (Å²) in [5.74, 6) is -1.66. The molecule has 2 rings (SSSR count). The van der Waals surface area contributed by atoms with Crippen LogP contribution in [0.3, 0.4) is 0 Å². The van der Waals surface area contributed by atoms with E-state index in [1.54, 1.807) is 32.9 Å². The van der Waals surface area contributed by atoms with Crippen molar-refractivity contribution in [2.75, 3.05) is 0 Å². The Morgan fingerprint density at radius 1 is 1.09 bits per heavy atom. The third kappa shape index (κ3) is 3.94. The van der Waals surface area contributed by atoms with Gasteiger partial charge in [-0.3, -0.25) is 9.78 Å². The molecule has 0 spiro atoms. The number of benzene rings is 1. The number of hydrogen-bond acceptors (Lipinski definition) is 3. The number of rotatable bonds is 5. The molecule has 0 aliphatic carbocycles. The molecule has 5 nitrogen and oxygen atoms in total.